The molecule has 0 amide bonds. The van der Waals surface area contributed by atoms with E-state index in [2.05, 4.69) is 55.8 Å². The summed E-state index contributed by atoms with van der Waals surface area (Å²) in [6.45, 7) is 2.07. The van der Waals surface area contributed by atoms with Crippen LogP contribution < -0.4 is 5.73 Å². The molecule has 0 bridgehead atoms. The highest BCUT2D eigenvalue weighted by Gasteiger charge is 2.44. The average molecular weight is 429 g/mol. The number of carboxylic acid groups (broad SMARTS) is 1. The molecule has 1 aliphatic carbocycles. The number of nitrogens with zero attached hydrogens (tertiary/aromatic N) is 6. The molecule has 0 radical (unpaired) electrons. The number of benzene rings is 1. The van der Waals surface area contributed by atoms with Crippen LogP contribution in [0.15, 0.2) is 61.6 Å². The molecule has 32 heavy (non-hydrogen) atoms. The lowest BCUT2D eigenvalue weighted by Crippen LogP contribution is -2.33. The highest BCUT2D eigenvalue weighted by molar-refractivity contribution is 5.67. The molecule has 0 saturated heterocycles. The Bertz CT molecular complexity index is 1260. The predicted octanol–water partition coefficient (Wildman–Crippen LogP) is 3.04. The summed E-state index contributed by atoms with van der Waals surface area (Å²) in [5, 5.41) is 13.1. The molecule has 1 aromatic carbocycles. The minimum atomic E-state index is -0.930. The predicted molar refractivity (Wildman–Crippen MR) is 118 cm³/mol. The molecule has 5 rings (SSSR count). The van der Waals surface area contributed by atoms with Crippen LogP contribution in [-0.2, 0) is 16.9 Å². The van der Waals surface area contributed by atoms with E-state index in [1.165, 1.54) is 10.2 Å². The van der Waals surface area contributed by atoms with Crippen molar-refractivity contribution in [2.45, 2.75) is 31.8 Å². The maximum Gasteiger partial charge on any atom is 0.325 e. The van der Waals surface area contributed by atoms with Crippen molar-refractivity contribution in [1.82, 2.24) is 29.3 Å². The van der Waals surface area contributed by atoms with Gasteiger partial charge < -0.3 is 15.4 Å². The molecule has 1 aliphatic rings. The Morgan fingerprint density at radius 2 is 1.78 bits per heavy atom. The van der Waals surface area contributed by atoms with Crippen molar-refractivity contribution in [2.24, 2.45) is 5.92 Å². The highest BCUT2D eigenvalue weighted by Crippen LogP contribution is 2.48. The summed E-state index contributed by atoms with van der Waals surface area (Å²) in [6, 6.07) is 8.46. The van der Waals surface area contributed by atoms with Crippen molar-refractivity contribution >= 4 is 11.9 Å². The first-order valence-corrected chi connectivity index (χ1v) is 10.4. The second-order valence-electron chi connectivity index (χ2n) is 8.32. The van der Waals surface area contributed by atoms with Crippen LogP contribution in [0, 0.1) is 5.92 Å². The van der Waals surface area contributed by atoms with E-state index >= 15 is 0 Å². The quantitative estimate of drug-likeness (QED) is 0.462. The van der Waals surface area contributed by atoms with E-state index in [-0.39, 0.29) is 18.0 Å². The van der Waals surface area contributed by atoms with Gasteiger partial charge in [-0.3, -0.25) is 9.48 Å². The molecule has 0 aliphatic heterocycles. The zero-order chi connectivity index (χ0) is 22.3. The number of hydrogen-bond donors (Lipinski definition) is 2. The molecule has 3 N–H and O–H groups in total. The van der Waals surface area contributed by atoms with Gasteiger partial charge in [0.05, 0.1) is 23.8 Å². The molecular formula is C23H23N7O2. The summed E-state index contributed by atoms with van der Waals surface area (Å²) in [6.07, 6.45) is 13.0. The van der Waals surface area contributed by atoms with Gasteiger partial charge in [-0.1, -0.05) is 24.3 Å². The largest absolute Gasteiger partial charge is 0.480 e. The molecule has 1 atom stereocenters. The number of carbonyl (C=O) groups is 1. The Balaban J connectivity index is 1.45. The number of rotatable bonds is 7. The first kappa shape index (κ1) is 19.9. The number of nitrogens with two attached hydrogens (primary N) is 1. The molecule has 1 fully saturated rings. The normalized spacial score (nSPS) is 15.4. The van der Waals surface area contributed by atoms with Gasteiger partial charge in [-0.15, -0.1) is 0 Å². The smallest absolute Gasteiger partial charge is 0.325 e. The second-order valence-corrected chi connectivity index (χ2v) is 8.32. The van der Waals surface area contributed by atoms with E-state index < -0.39 is 5.97 Å². The van der Waals surface area contributed by atoms with Gasteiger partial charge in [0, 0.05) is 35.9 Å². The van der Waals surface area contributed by atoms with E-state index in [9.17, 15) is 4.79 Å². The molecule has 9 nitrogen and oxygen atoms in total. The van der Waals surface area contributed by atoms with Gasteiger partial charge in [-0.25, -0.2) is 15.0 Å². The number of imidazole rings is 1. The maximum atomic E-state index is 10.9. The fraction of sp³-hybridized carbons (Fsp3) is 0.261. The van der Waals surface area contributed by atoms with E-state index in [4.69, 9.17) is 10.8 Å². The van der Waals surface area contributed by atoms with Gasteiger partial charge >= 0.3 is 5.97 Å². The number of aliphatic carboxylic acids is 1. The van der Waals surface area contributed by atoms with Crippen LogP contribution >= 0.6 is 0 Å². The van der Waals surface area contributed by atoms with Crippen molar-refractivity contribution in [2.75, 3.05) is 5.73 Å². The number of anilines is 1. The fourth-order valence-electron chi connectivity index (χ4n) is 4.18. The Morgan fingerprint density at radius 3 is 2.44 bits per heavy atom. The molecule has 9 heteroatoms. The molecule has 0 spiro atoms. The van der Waals surface area contributed by atoms with Crippen LogP contribution in [0.5, 0.6) is 0 Å². The molecule has 162 valence electrons. The summed E-state index contributed by atoms with van der Waals surface area (Å²) in [5.41, 5.74) is 10.1. The van der Waals surface area contributed by atoms with Gasteiger partial charge in [0.1, 0.15) is 6.54 Å². The highest BCUT2D eigenvalue weighted by atomic mass is 16.4. The monoisotopic (exact) mass is 429 g/mol. The minimum absolute atomic E-state index is 0.175. The fourth-order valence-corrected chi connectivity index (χ4v) is 4.18. The Labute approximate surface area is 184 Å². The first-order chi connectivity index (χ1) is 15.4. The van der Waals surface area contributed by atoms with E-state index in [1.54, 1.807) is 24.8 Å². The SMILES string of the molecule is C[C@](c1ccc(-c2cnc(N)nc2)cc1)(C1CC1)n1cnc(-c2cnn(CC(=O)O)c2)c1. The first-order valence-electron chi connectivity index (χ1n) is 10.4. The van der Waals surface area contributed by atoms with Gasteiger partial charge in [0.15, 0.2) is 0 Å². The third kappa shape index (κ3) is 3.62. The van der Waals surface area contributed by atoms with Gasteiger partial charge in [0.25, 0.3) is 0 Å². The molecule has 3 aromatic heterocycles. The second kappa shape index (κ2) is 7.60. The summed E-state index contributed by atoms with van der Waals surface area (Å²) in [4.78, 5) is 23.7. The Morgan fingerprint density at radius 1 is 1.06 bits per heavy atom. The lowest BCUT2D eigenvalue weighted by Gasteiger charge is -2.32. The van der Waals surface area contributed by atoms with Crippen LogP contribution in [0.1, 0.15) is 25.3 Å². The van der Waals surface area contributed by atoms with Crippen LogP contribution in [0.25, 0.3) is 22.4 Å². The van der Waals surface area contributed by atoms with E-state index in [0.29, 0.717) is 5.92 Å². The van der Waals surface area contributed by atoms with Crippen molar-refractivity contribution in [3.05, 3.63) is 67.1 Å². The average Bonchev–Trinajstić information content (AvgIpc) is 3.35. The van der Waals surface area contributed by atoms with Crippen molar-refractivity contribution in [3.63, 3.8) is 0 Å². The summed E-state index contributed by atoms with van der Waals surface area (Å²) >= 11 is 0. The van der Waals surface area contributed by atoms with Crippen LogP contribution in [0.3, 0.4) is 0 Å². The number of hydrogen-bond acceptors (Lipinski definition) is 6. The van der Waals surface area contributed by atoms with Crippen molar-refractivity contribution < 1.29 is 9.90 Å². The van der Waals surface area contributed by atoms with Crippen LogP contribution in [0.4, 0.5) is 5.95 Å². The van der Waals surface area contributed by atoms with E-state index in [0.717, 1.165) is 35.2 Å². The third-order valence-corrected chi connectivity index (χ3v) is 6.19. The molecule has 0 unspecified atom stereocenters. The van der Waals surface area contributed by atoms with Crippen molar-refractivity contribution in [3.8, 4) is 22.4 Å². The minimum Gasteiger partial charge on any atom is -0.480 e. The lowest BCUT2D eigenvalue weighted by atomic mass is 9.86. The summed E-state index contributed by atoms with van der Waals surface area (Å²) in [5.74, 6) is -0.151. The van der Waals surface area contributed by atoms with Gasteiger partial charge in [0.2, 0.25) is 5.95 Å². The molecule has 1 saturated carbocycles. The van der Waals surface area contributed by atoms with E-state index in [1.807, 2.05) is 12.5 Å². The summed E-state index contributed by atoms with van der Waals surface area (Å²) < 4.78 is 3.56. The number of aromatic nitrogens is 6. The number of nitrogen functional groups attached to an aromatic ring is 1. The standard InChI is InChI=1S/C23H23N7O2/c1-23(19-6-7-19,18-4-2-15(3-5-18)16-8-25-22(24)26-9-16)29-12-20(27-14-29)17-10-28-30(11-17)13-21(31)32/h2-5,8-12,14,19H,6-7,13H2,1H3,(H,31,32)(H2,24,25,26)/t23-/m0/s1. The zero-order valence-corrected chi connectivity index (χ0v) is 17.6. The third-order valence-electron chi connectivity index (χ3n) is 6.19. The molecular weight excluding hydrogens is 406 g/mol. The number of carboxylic acids is 1. The topological polar surface area (TPSA) is 125 Å². The van der Waals surface area contributed by atoms with Crippen molar-refractivity contribution in [1.29, 1.82) is 0 Å². The van der Waals surface area contributed by atoms with Gasteiger partial charge in [-0.2, -0.15) is 5.10 Å². The lowest BCUT2D eigenvalue weighted by molar-refractivity contribution is -0.137. The maximum absolute atomic E-state index is 10.9. The molecule has 4 aromatic rings. The van der Waals surface area contributed by atoms with Crippen LogP contribution in [-0.4, -0.2) is 40.4 Å². The van der Waals surface area contributed by atoms with Crippen LogP contribution in [0.2, 0.25) is 0 Å². The summed E-state index contributed by atoms with van der Waals surface area (Å²) in [7, 11) is 0. The Hall–Kier alpha value is -4.01. The van der Waals surface area contributed by atoms with Gasteiger partial charge in [-0.05, 0) is 36.8 Å². The zero-order valence-electron chi connectivity index (χ0n) is 17.6. The molecule has 3 heterocycles. The Kier molecular flexibility index (Phi) is 4.73.